The molecule has 0 aromatic heterocycles. The van der Waals surface area contributed by atoms with Crippen LogP contribution in [0.5, 0.6) is 0 Å². The smallest absolute Gasteiger partial charge is 0.279 e. The van der Waals surface area contributed by atoms with Crippen molar-refractivity contribution in [3.8, 4) is 0 Å². The number of hydrogen-bond acceptors (Lipinski definition) is 4. The van der Waals surface area contributed by atoms with Gasteiger partial charge in [0.1, 0.15) is 5.56 Å². The van der Waals surface area contributed by atoms with E-state index in [1.54, 1.807) is 30.3 Å². The van der Waals surface area contributed by atoms with E-state index >= 15 is 0 Å². The molecule has 8 heteroatoms. The predicted molar refractivity (Wildman–Crippen MR) is 75.8 cm³/mol. The molecule has 0 saturated carbocycles. The first-order valence-electron chi connectivity index (χ1n) is 6.08. The Hall–Kier alpha value is -2.90. The van der Waals surface area contributed by atoms with E-state index < -0.39 is 22.4 Å². The normalized spacial score (nSPS) is 11.6. The maximum atomic E-state index is 12.8. The van der Waals surface area contributed by atoms with E-state index in [2.05, 4.69) is 10.5 Å². The second kappa shape index (κ2) is 6.25. The number of halogens is 3. The molecule has 2 aromatic carbocycles. The molecule has 22 heavy (non-hydrogen) atoms. The lowest BCUT2D eigenvalue weighted by atomic mass is 10.1. The molecule has 0 aliphatic rings. The average Bonchev–Trinajstić information content (AvgIpc) is 2.47. The summed E-state index contributed by atoms with van der Waals surface area (Å²) in [5.74, 6) is 0. The van der Waals surface area contributed by atoms with Crippen molar-refractivity contribution in [3.63, 3.8) is 0 Å². The third-order valence-corrected chi connectivity index (χ3v) is 2.73. The van der Waals surface area contributed by atoms with Gasteiger partial charge in [-0.05, 0) is 24.3 Å². The molecule has 0 saturated heterocycles. The van der Waals surface area contributed by atoms with Gasteiger partial charge < -0.3 is 0 Å². The van der Waals surface area contributed by atoms with Crippen molar-refractivity contribution in [1.29, 1.82) is 0 Å². The largest absolute Gasteiger partial charge is 0.423 e. The average molecular weight is 309 g/mol. The van der Waals surface area contributed by atoms with E-state index in [1.807, 2.05) is 0 Å². The zero-order chi connectivity index (χ0) is 16.2. The number of hydrogen-bond donors (Lipinski definition) is 1. The number of nitrogens with zero attached hydrogens (tertiary/aromatic N) is 2. The van der Waals surface area contributed by atoms with E-state index in [0.717, 1.165) is 12.3 Å². The lowest BCUT2D eigenvalue weighted by Gasteiger charge is -2.08. The fraction of sp³-hybridized carbons (Fsp3) is 0.0714. The van der Waals surface area contributed by atoms with Crippen LogP contribution in [0.3, 0.4) is 0 Å². The van der Waals surface area contributed by atoms with Gasteiger partial charge in [-0.2, -0.15) is 18.3 Å². The molecule has 0 atom stereocenters. The summed E-state index contributed by atoms with van der Waals surface area (Å²) in [6, 6.07) is 11.6. The van der Waals surface area contributed by atoms with Gasteiger partial charge in [-0.3, -0.25) is 15.5 Å². The molecular weight excluding hydrogens is 299 g/mol. The standard InChI is InChI=1S/C14H10F3N3O2/c15-14(16,17)12-8-4-5-10(13(12)20(21)22)9-18-19-11-6-2-1-3-7-11/h1-9,19H. The summed E-state index contributed by atoms with van der Waals surface area (Å²) < 4.78 is 38.4. The number of para-hydroxylation sites is 2. The summed E-state index contributed by atoms with van der Waals surface area (Å²) in [5, 5.41) is 14.7. The number of benzene rings is 2. The van der Waals surface area contributed by atoms with Crippen molar-refractivity contribution in [2.45, 2.75) is 6.18 Å². The Bertz CT molecular complexity index is 700. The Labute approximate surface area is 123 Å². The van der Waals surface area contributed by atoms with E-state index in [0.29, 0.717) is 11.8 Å². The van der Waals surface area contributed by atoms with Crippen molar-refractivity contribution < 1.29 is 18.1 Å². The number of hydrazone groups is 1. The predicted octanol–water partition coefficient (Wildman–Crippen LogP) is 4.06. The van der Waals surface area contributed by atoms with Crippen LogP contribution in [0.15, 0.2) is 53.6 Å². The minimum atomic E-state index is -4.81. The molecule has 0 aliphatic heterocycles. The van der Waals surface area contributed by atoms with Gasteiger partial charge in [-0.1, -0.05) is 24.3 Å². The third-order valence-electron chi connectivity index (χ3n) is 2.73. The monoisotopic (exact) mass is 309 g/mol. The Kier molecular flexibility index (Phi) is 4.40. The van der Waals surface area contributed by atoms with E-state index in [1.165, 1.54) is 6.07 Å². The third kappa shape index (κ3) is 3.60. The first-order chi connectivity index (χ1) is 10.4. The second-order valence-electron chi connectivity index (χ2n) is 4.23. The molecule has 0 heterocycles. The molecule has 2 aromatic rings. The Balaban J connectivity index is 2.33. The van der Waals surface area contributed by atoms with Gasteiger partial charge in [0.15, 0.2) is 0 Å². The molecule has 5 nitrogen and oxygen atoms in total. The van der Waals surface area contributed by atoms with Crippen molar-refractivity contribution in [2.24, 2.45) is 5.10 Å². The summed E-state index contributed by atoms with van der Waals surface area (Å²) in [4.78, 5) is 9.88. The molecule has 0 amide bonds. The number of nitro groups is 1. The summed E-state index contributed by atoms with van der Waals surface area (Å²) >= 11 is 0. The van der Waals surface area contributed by atoms with Crippen LogP contribution in [0, 0.1) is 10.1 Å². The topological polar surface area (TPSA) is 67.5 Å². The van der Waals surface area contributed by atoms with Gasteiger partial charge >= 0.3 is 6.18 Å². The van der Waals surface area contributed by atoms with E-state index in [9.17, 15) is 23.3 Å². The fourth-order valence-electron chi connectivity index (χ4n) is 1.79. The van der Waals surface area contributed by atoms with E-state index in [4.69, 9.17) is 0 Å². The molecule has 0 radical (unpaired) electrons. The van der Waals surface area contributed by atoms with Crippen LogP contribution in [0.25, 0.3) is 0 Å². The van der Waals surface area contributed by atoms with Crippen molar-refractivity contribution in [3.05, 3.63) is 69.8 Å². The summed E-state index contributed by atoms with van der Waals surface area (Å²) in [7, 11) is 0. The first kappa shape index (κ1) is 15.5. The maximum Gasteiger partial charge on any atom is 0.423 e. The highest BCUT2D eigenvalue weighted by Crippen LogP contribution is 2.37. The van der Waals surface area contributed by atoms with Crippen LogP contribution < -0.4 is 5.43 Å². The Morgan fingerprint density at radius 1 is 1.09 bits per heavy atom. The SMILES string of the molecule is O=[N+]([O-])c1c(C=NNc2ccccc2)cccc1C(F)(F)F. The van der Waals surface area contributed by atoms with Gasteiger partial charge in [0.25, 0.3) is 5.69 Å². The lowest BCUT2D eigenvalue weighted by Crippen LogP contribution is -2.10. The van der Waals surface area contributed by atoms with Crippen LogP contribution in [0.2, 0.25) is 0 Å². The molecular formula is C14H10F3N3O2. The van der Waals surface area contributed by atoms with Gasteiger partial charge in [-0.25, -0.2) is 0 Å². The number of nitro benzene ring substituents is 1. The quantitative estimate of drug-likeness (QED) is 0.526. The van der Waals surface area contributed by atoms with E-state index in [-0.39, 0.29) is 5.56 Å². The summed E-state index contributed by atoms with van der Waals surface area (Å²) in [6.07, 6.45) is -3.82. The van der Waals surface area contributed by atoms with Crippen LogP contribution in [0.4, 0.5) is 24.5 Å². The van der Waals surface area contributed by atoms with Gasteiger partial charge in [0.05, 0.1) is 22.4 Å². The zero-order valence-corrected chi connectivity index (χ0v) is 11.0. The summed E-state index contributed by atoms with van der Waals surface area (Å²) in [5.41, 5.74) is 0.631. The maximum absolute atomic E-state index is 12.8. The number of anilines is 1. The molecule has 0 spiro atoms. The second-order valence-corrected chi connectivity index (χ2v) is 4.23. The van der Waals surface area contributed by atoms with Gasteiger partial charge in [-0.15, -0.1) is 0 Å². The zero-order valence-electron chi connectivity index (χ0n) is 11.0. The fourth-order valence-corrected chi connectivity index (χ4v) is 1.79. The van der Waals surface area contributed by atoms with Crippen molar-refractivity contribution >= 4 is 17.6 Å². The highest BCUT2D eigenvalue weighted by molar-refractivity contribution is 5.86. The van der Waals surface area contributed by atoms with Crippen LogP contribution in [-0.4, -0.2) is 11.1 Å². The Morgan fingerprint density at radius 3 is 2.36 bits per heavy atom. The lowest BCUT2D eigenvalue weighted by molar-refractivity contribution is -0.388. The highest BCUT2D eigenvalue weighted by atomic mass is 19.4. The number of alkyl halides is 3. The highest BCUT2D eigenvalue weighted by Gasteiger charge is 2.39. The minimum Gasteiger partial charge on any atom is -0.279 e. The van der Waals surface area contributed by atoms with Crippen LogP contribution in [-0.2, 0) is 6.18 Å². The Morgan fingerprint density at radius 2 is 1.77 bits per heavy atom. The first-order valence-corrected chi connectivity index (χ1v) is 6.08. The van der Waals surface area contributed by atoms with Gasteiger partial charge in [0, 0.05) is 0 Å². The molecule has 0 aliphatic carbocycles. The molecule has 0 bridgehead atoms. The molecule has 1 N–H and O–H groups in total. The van der Waals surface area contributed by atoms with Crippen LogP contribution in [0.1, 0.15) is 11.1 Å². The number of rotatable bonds is 4. The molecule has 0 unspecified atom stereocenters. The number of nitrogens with one attached hydrogen (secondary N) is 1. The molecule has 0 fully saturated rings. The van der Waals surface area contributed by atoms with Crippen molar-refractivity contribution in [2.75, 3.05) is 5.43 Å². The minimum absolute atomic E-state index is 0.233. The van der Waals surface area contributed by atoms with Crippen LogP contribution >= 0.6 is 0 Å². The van der Waals surface area contributed by atoms with Gasteiger partial charge in [0.2, 0.25) is 0 Å². The summed E-state index contributed by atoms with van der Waals surface area (Å²) in [6.45, 7) is 0. The van der Waals surface area contributed by atoms with Crippen molar-refractivity contribution in [1.82, 2.24) is 0 Å². The molecule has 114 valence electrons. The molecule has 2 rings (SSSR count).